The number of carbonyl (C=O) groups is 1. The van der Waals surface area contributed by atoms with Gasteiger partial charge in [-0.1, -0.05) is 6.07 Å². The van der Waals surface area contributed by atoms with Crippen LogP contribution in [0, 0.1) is 0 Å². The molecule has 8 nitrogen and oxygen atoms in total. The third-order valence-corrected chi connectivity index (χ3v) is 7.74. The number of nitrogens with zero attached hydrogens (tertiary/aromatic N) is 3. The first-order valence-electron chi connectivity index (χ1n) is 12.6. The van der Waals surface area contributed by atoms with E-state index in [1.54, 1.807) is 0 Å². The first-order valence-corrected chi connectivity index (χ1v) is 12.6. The van der Waals surface area contributed by atoms with E-state index >= 15 is 0 Å². The summed E-state index contributed by atoms with van der Waals surface area (Å²) in [6, 6.07) is 6.10. The van der Waals surface area contributed by atoms with Crippen molar-refractivity contribution >= 4 is 17.5 Å². The molecule has 1 fully saturated rings. The van der Waals surface area contributed by atoms with Gasteiger partial charge in [-0.15, -0.1) is 0 Å². The molecule has 8 heteroatoms. The number of rotatable bonds is 6. The smallest absolute Gasteiger partial charge is 0.255 e. The van der Waals surface area contributed by atoms with Crippen molar-refractivity contribution in [3.8, 4) is 0 Å². The van der Waals surface area contributed by atoms with Crippen molar-refractivity contribution in [1.82, 2.24) is 20.2 Å². The molecular weight excluding hydrogens is 428 g/mol. The third-order valence-electron chi connectivity index (χ3n) is 7.74. The molecule has 0 unspecified atom stereocenters. The first-order chi connectivity index (χ1) is 16.4. The van der Waals surface area contributed by atoms with E-state index in [1.165, 1.54) is 5.56 Å². The van der Waals surface area contributed by atoms with E-state index in [9.17, 15) is 9.59 Å². The SMILES string of the molecule is CN(C)CCCNC(=O)c1ccc2c(c1)NCC21CCN(c2nc3c(c(=O)[nH]2)CCCC3)CC1. The summed E-state index contributed by atoms with van der Waals surface area (Å²) in [6.45, 7) is 4.24. The average Bonchev–Trinajstić information content (AvgIpc) is 3.19. The van der Waals surface area contributed by atoms with E-state index in [0.717, 1.165) is 94.0 Å². The van der Waals surface area contributed by atoms with Crippen LogP contribution >= 0.6 is 0 Å². The van der Waals surface area contributed by atoms with Gasteiger partial charge >= 0.3 is 0 Å². The van der Waals surface area contributed by atoms with E-state index in [0.29, 0.717) is 12.1 Å². The number of amides is 1. The summed E-state index contributed by atoms with van der Waals surface area (Å²) in [6.07, 6.45) is 6.87. The highest BCUT2D eigenvalue weighted by Crippen LogP contribution is 2.44. The Morgan fingerprint density at radius 1 is 1.21 bits per heavy atom. The third kappa shape index (κ3) is 4.43. The molecule has 1 spiro atoms. The van der Waals surface area contributed by atoms with Gasteiger partial charge in [0.2, 0.25) is 5.95 Å². The van der Waals surface area contributed by atoms with E-state index in [-0.39, 0.29) is 16.9 Å². The summed E-state index contributed by atoms with van der Waals surface area (Å²) in [5.74, 6) is 0.717. The van der Waals surface area contributed by atoms with Gasteiger partial charge in [-0.2, -0.15) is 0 Å². The van der Waals surface area contributed by atoms with Gasteiger partial charge in [0.1, 0.15) is 0 Å². The normalized spacial score (nSPS) is 18.5. The van der Waals surface area contributed by atoms with Gasteiger partial charge in [-0.25, -0.2) is 4.98 Å². The maximum atomic E-state index is 12.6. The topological polar surface area (TPSA) is 93.4 Å². The fraction of sp³-hybridized carbons (Fsp3) is 0.577. The summed E-state index contributed by atoms with van der Waals surface area (Å²) >= 11 is 0. The fourth-order valence-corrected chi connectivity index (χ4v) is 5.69. The van der Waals surface area contributed by atoms with E-state index in [1.807, 2.05) is 26.2 Å². The number of aromatic amines is 1. The molecule has 3 N–H and O–H groups in total. The number of carbonyl (C=O) groups excluding carboxylic acids is 1. The number of piperidine rings is 1. The van der Waals surface area contributed by atoms with Gasteiger partial charge in [0.15, 0.2) is 0 Å². The van der Waals surface area contributed by atoms with Gasteiger partial charge in [0.25, 0.3) is 11.5 Å². The number of hydrogen-bond donors (Lipinski definition) is 3. The molecule has 5 rings (SSSR count). The predicted octanol–water partition coefficient (Wildman–Crippen LogP) is 2.29. The van der Waals surface area contributed by atoms with Gasteiger partial charge in [0.05, 0.1) is 5.69 Å². The van der Waals surface area contributed by atoms with Crippen molar-refractivity contribution in [3.63, 3.8) is 0 Å². The molecule has 2 aromatic rings. The highest BCUT2D eigenvalue weighted by atomic mass is 16.1. The van der Waals surface area contributed by atoms with Crippen LogP contribution < -0.4 is 21.1 Å². The average molecular weight is 465 g/mol. The number of anilines is 2. The predicted molar refractivity (Wildman–Crippen MR) is 135 cm³/mol. The molecule has 0 saturated carbocycles. The monoisotopic (exact) mass is 464 g/mol. The molecule has 0 bridgehead atoms. The standard InChI is InChI=1S/C26H36N6O2/c1-31(2)13-5-12-27-23(33)18-8-9-20-22(16-18)28-17-26(20)10-14-32(15-11-26)25-29-21-7-4-3-6-19(21)24(34)30-25/h8-9,16,28H,3-7,10-15,17H2,1-2H3,(H,27,33)(H,29,30,34). The van der Waals surface area contributed by atoms with Crippen molar-refractivity contribution in [3.05, 3.63) is 50.9 Å². The van der Waals surface area contributed by atoms with Gasteiger partial charge in [-0.3, -0.25) is 14.6 Å². The molecule has 2 aliphatic heterocycles. The molecule has 182 valence electrons. The zero-order valence-corrected chi connectivity index (χ0v) is 20.4. The molecule has 1 amide bonds. The van der Waals surface area contributed by atoms with Crippen molar-refractivity contribution < 1.29 is 4.79 Å². The molecular formula is C26H36N6O2. The maximum Gasteiger partial charge on any atom is 0.255 e. The van der Waals surface area contributed by atoms with E-state index in [2.05, 4.69) is 31.5 Å². The minimum Gasteiger partial charge on any atom is -0.384 e. The van der Waals surface area contributed by atoms with Crippen LogP contribution in [-0.4, -0.2) is 67.6 Å². The second-order valence-electron chi connectivity index (χ2n) is 10.3. The van der Waals surface area contributed by atoms with Crippen molar-refractivity contribution in [2.75, 3.05) is 57.0 Å². The Morgan fingerprint density at radius 2 is 2.00 bits per heavy atom. The number of H-pyrrole nitrogens is 1. The summed E-state index contributed by atoms with van der Waals surface area (Å²) in [5.41, 5.74) is 5.08. The summed E-state index contributed by atoms with van der Waals surface area (Å²) in [4.78, 5) is 37.4. The zero-order chi connectivity index (χ0) is 23.7. The Bertz CT molecular complexity index is 1120. The lowest BCUT2D eigenvalue weighted by Crippen LogP contribution is -2.45. The Kier molecular flexibility index (Phi) is 6.34. The number of aryl methyl sites for hydroxylation is 1. The number of hydrogen-bond acceptors (Lipinski definition) is 6. The number of benzene rings is 1. The Balaban J connectivity index is 1.24. The van der Waals surface area contributed by atoms with Crippen LogP contribution in [0.2, 0.25) is 0 Å². The largest absolute Gasteiger partial charge is 0.384 e. The molecule has 1 saturated heterocycles. The second kappa shape index (κ2) is 9.41. The van der Waals surface area contributed by atoms with E-state index < -0.39 is 0 Å². The molecule has 3 aliphatic rings. The van der Waals surface area contributed by atoms with Crippen LogP contribution in [0.1, 0.15) is 59.3 Å². The lowest BCUT2D eigenvalue weighted by Gasteiger charge is -2.39. The Morgan fingerprint density at radius 3 is 2.79 bits per heavy atom. The first kappa shape index (κ1) is 22.9. The van der Waals surface area contributed by atoms with Crippen LogP contribution in [0.3, 0.4) is 0 Å². The van der Waals surface area contributed by atoms with Crippen LogP contribution in [0.15, 0.2) is 23.0 Å². The lowest BCUT2D eigenvalue weighted by atomic mass is 9.74. The van der Waals surface area contributed by atoms with E-state index in [4.69, 9.17) is 4.98 Å². The molecule has 0 atom stereocenters. The lowest BCUT2D eigenvalue weighted by molar-refractivity contribution is 0.0952. The quantitative estimate of drug-likeness (QED) is 0.568. The highest BCUT2D eigenvalue weighted by molar-refractivity contribution is 5.95. The molecule has 0 radical (unpaired) electrons. The van der Waals surface area contributed by atoms with Crippen molar-refractivity contribution in [1.29, 1.82) is 0 Å². The summed E-state index contributed by atoms with van der Waals surface area (Å²) in [7, 11) is 4.08. The number of nitrogens with one attached hydrogen (secondary N) is 3. The van der Waals surface area contributed by atoms with Gasteiger partial charge in [-0.05, 0) is 83.3 Å². The van der Waals surface area contributed by atoms with Crippen LogP contribution in [-0.2, 0) is 18.3 Å². The molecule has 1 aromatic carbocycles. The van der Waals surface area contributed by atoms with Crippen LogP contribution in [0.25, 0.3) is 0 Å². The fourth-order valence-electron chi connectivity index (χ4n) is 5.69. The number of aromatic nitrogens is 2. The highest BCUT2D eigenvalue weighted by Gasteiger charge is 2.42. The van der Waals surface area contributed by atoms with Crippen LogP contribution in [0.5, 0.6) is 0 Å². The minimum atomic E-state index is -0.0124. The zero-order valence-electron chi connectivity index (χ0n) is 20.4. The second-order valence-corrected chi connectivity index (χ2v) is 10.3. The molecule has 1 aromatic heterocycles. The van der Waals surface area contributed by atoms with Gasteiger partial charge in [0, 0.05) is 48.4 Å². The van der Waals surface area contributed by atoms with Crippen molar-refractivity contribution in [2.24, 2.45) is 0 Å². The van der Waals surface area contributed by atoms with Crippen molar-refractivity contribution in [2.45, 2.75) is 50.4 Å². The molecule has 3 heterocycles. The minimum absolute atomic E-state index is 0.0124. The molecule has 34 heavy (non-hydrogen) atoms. The maximum absolute atomic E-state index is 12.6. The number of fused-ring (bicyclic) bond motifs is 3. The summed E-state index contributed by atoms with van der Waals surface area (Å²) in [5, 5.41) is 6.59. The Hall–Kier alpha value is -2.87. The van der Waals surface area contributed by atoms with Crippen LogP contribution in [0.4, 0.5) is 11.6 Å². The molecule has 1 aliphatic carbocycles. The Labute approximate surface area is 201 Å². The van der Waals surface area contributed by atoms with Gasteiger partial charge < -0.3 is 20.4 Å². The summed E-state index contributed by atoms with van der Waals surface area (Å²) < 4.78 is 0.